The molecule has 4 nitrogen and oxygen atoms in total. The van der Waals surface area contributed by atoms with Gasteiger partial charge in [-0.1, -0.05) is 12.1 Å². The van der Waals surface area contributed by atoms with Crippen LogP contribution >= 0.6 is 11.3 Å². The molecule has 0 unspecified atom stereocenters. The van der Waals surface area contributed by atoms with E-state index in [1.54, 1.807) is 6.92 Å². The third kappa shape index (κ3) is 1.77. The standard InChI is InChI=1S/C11H11N3OS/c1-6(12)9(10(13)15)11-14-7-4-2-3-5-8(7)16-11/h2-5H,12H2,1H3,(H2,13,15). The van der Waals surface area contributed by atoms with Gasteiger partial charge < -0.3 is 11.5 Å². The highest BCUT2D eigenvalue weighted by atomic mass is 32.1. The molecule has 0 radical (unpaired) electrons. The minimum Gasteiger partial charge on any atom is -0.402 e. The molecule has 4 N–H and O–H groups in total. The zero-order chi connectivity index (χ0) is 11.7. The van der Waals surface area contributed by atoms with Crippen LogP contribution in [-0.4, -0.2) is 10.9 Å². The molecule has 82 valence electrons. The van der Waals surface area contributed by atoms with Crippen LogP contribution in [0.1, 0.15) is 11.9 Å². The van der Waals surface area contributed by atoms with Gasteiger partial charge in [0.25, 0.3) is 5.91 Å². The number of thiazole rings is 1. The number of benzene rings is 1. The summed E-state index contributed by atoms with van der Waals surface area (Å²) >= 11 is 1.41. The van der Waals surface area contributed by atoms with Crippen molar-refractivity contribution >= 4 is 33.0 Å². The molecule has 2 rings (SSSR count). The average molecular weight is 233 g/mol. The van der Waals surface area contributed by atoms with Crippen molar-refractivity contribution in [1.82, 2.24) is 4.98 Å². The SMILES string of the molecule is CC(N)=C(C(N)=O)c1nc2ccccc2s1. The number of aromatic nitrogens is 1. The first kappa shape index (κ1) is 10.6. The number of hydrogen-bond donors (Lipinski definition) is 2. The maximum absolute atomic E-state index is 11.3. The van der Waals surface area contributed by atoms with Crippen LogP contribution in [0.2, 0.25) is 0 Å². The molecule has 0 aliphatic carbocycles. The summed E-state index contributed by atoms with van der Waals surface area (Å²) in [6.07, 6.45) is 0. The van der Waals surface area contributed by atoms with Crippen LogP contribution in [0.25, 0.3) is 15.8 Å². The predicted octanol–water partition coefficient (Wildman–Crippen LogP) is 1.47. The number of fused-ring (bicyclic) bond motifs is 1. The van der Waals surface area contributed by atoms with E-state index in [-0.39, 0.29) is 0 Å². The molecule has 0 spiro atoms. The summed E-state index contributed by atoms with van der Waals surface area (Å²) in [7, 11) is 0. The molecule has 0 aliphatic rings. The first-order valence-corrected chi connectivity index (χ1v) is 5.53. The minimum absolute atomic E-state index is 0.307. The average Bonchev–Trinajstić information content (AvgIpc) is 2.58. The molecule has 0 saturated carbocycles. The van der Waals surface area contributed by atoms with Crippen LogP contribution in [0, 0.1) is 0 Å². The molecule has 2 aromatic rings. The largest absolute Gasteiger partial charge is 0.402 e. The Balaban J connectivity index is 2.63. The highest BCUT2D eigenvalue weighted by Gasteiger charge is 2.15. The molecule has 1 heterocycles. The fraction of sp³-hybridized carbons (Fsp3) is 0.0909. The fourth-order valence-electron chi connectivity index (χ4n) is 1.45. The van der Waals surface area contributed by atoms with Gasteiger partial charge in [-0.3, -0.25) is 4.79 Å². The molecule has 5 heteroatoms. The summed E-state index contributed by atoms with van der Waals surface area (Å²) in [6.45, 7) is 1.64. The van der Waals surface area contributed by atoms with Crippen molar-refractivity contribution in [2.75, 3.05) is 0 Å². The van der Waals surface area contributed by atoms with Crippen LogP contribution in [-0.2, 0) is 4.79 Å². The van der Waals surface area contributed by atoms with Crippen molar-refractivity contribution < 1.29 is 4.79 Å². The number of para-hydroxylation sites is 1. The van der Waals surface area contributed by atoms with Crippen LogP contribution in [0.4, 0.5) is 0 Å². The van der Waals surface area contributed by atoms with E-state index >= 15 is 0 Å². The van der Waals surface area contributed by atoms with Gasteiger partial charge >= 0.3 is 0 Å². The first-order chi connectivity index (χ1) is 7.59. The van der Waals surface area contributed by atoms with E-state index in [4.69, 9.17) is 11.5 Å². The van der Waals surface area contributed by atoms with E-state index in [1.807, 2.05) is 24.3 Å². The Morgan fingerprint density at radius 1 is 1.31 bits per heavy atom. The van der Waals surface area contributed by atoms with Gasteiger partial charge in [0, 0.05) is 5.70 Å². The van der Waals surface area contributed by atoms with Crippen molar-refractivity contribution in [3.8, 4) is 0 Å². The quantitative estimate of drug-likeness (QED) is 0.770. The lowest BCUT2D eigenvalue weighted by Gasteiger charge is -2.00. The summed E-state index contributed by atoms with van der Waals surface area (Å²) in [5, 5.41) is 0.578. The van der Waals surface area contributed by atoms with Crippen molar-refractivity contribution in [2.45, 2.75) is 6.92 Å². The molecular formula is C11H11N3OS. The highest BCUT2D eigenvalue weighted by molar-refractivity contribution is 7.19. The first-order valence-electron chi connectivity index (χ1n) is 4.71. The molecule has 0 bridgehead atoms. The number of nitrogens with two attached hydrogens (primary N) is 2. The van der Waals surface area contributed by atoms with Gasteiger partial charge in [0.1, 0.15) is 5.01 Å². The van der Waals surface area contributed by atoms with Gasteiger partial charge in [0.05, 0.1) is 15.8 Å². The van der Waals surface area contributed by atoms with Crippen molar-refractivity contribution in [1.29, 1.82) is 0 Å². The third-order valence-corrected chi connectivity index (χ3v) is 3.20. The topological polar surface area (TPSA) is 82.0 Å². The summed E-state index contributed by atoms with van der Waals surface area (Å²) in [4.78, 5) is 15.6. The van der Waals surface area contributed by atoms with E-state index in [2.05, 4.69) is 4.98 Å². The normalized spacial score (nSPS) is 12.6. The second kappa shape index (κ2) is 3.94. The number of hydrogen-bond acceptors (Lipinski definition) is 4. The van der Waals surface area contributed by atoms with Crippen molar-refractivity contribution in [3.63, 3.8) is 0 Å². The van der Waals surface area contributed by atoms with Gasteiger partial charge in [-0.2, -0.15) is 0 Å². The minimum atomic E-state index is -0.543. The number of carbonyl (C=O) groups excluding carboxylic acids is 1. The second-order valence-corrected chi connectivity index (χ2v) is 4.44. The lowest BCUT2D eigenvalue weighted by molar-refractivity contribution is -0.112. The van der Waals surface area contributed by atoms with E-state index in [1.165, 1.54) is 11.3 Å². The van der Waals surface area contributed by atoms with E-state index in [0.29, 0.717) is 16.3 Å². The van der Waals surface area contributed by atoms with Crippen LogP contribution in [0.3, 0.4) is 0 Å². The fourth-order valence-corrected chi connectivity index (χ4v) is 2.53. The third-order valence-electron chi connectivity index (χ3n) is 2.15. The Morgan fingerprint density at radius 3 is 2.56 bits per heavy atom. The molecule has 0 atom stereocenters. The van der Waals surface area contributed by atoms with Gasteiger partial charge in [-0.25, -0.2) is 4.98 Å². The molecule has 0 saturated heterocycles. The molecule has 16 heavy (non-hydrogen) atoms. The van der Waals surface area contributed by atoms with Crippen LogP contribution in [0.15, 0.2) is 30.0 Å². The molecular weight excluding hydrogens is 222 g/mol. The molecule has 1 aromatic heterocycles. The van der Waals surface area contributed by atoms with Crippen LogP contribution < -0.4 is 11.5 Å². The zero-order valence-electron chi connectivity index (χ0n) is 8.73. The second-order valence-electron chi connectivity index (χ2n) is 3.41. The Hall–Kier alpha value is -1.88. The summed E-state index contributed by atoms with van der Waals surface area (Å²) in [5.41, 5.74) is 12.5. The number of rotatable bonds is 2. The molecule has 0 aliphatic heterocycles. The Bertz CT molecular complexity index is 549. The number of carbonyl (C=O) groups is 1. The number of amides is 1. The maximum atomic E-state index is 11.3. The Kier molecular flexibility index (Phi) is 2.62. The summed E-state index contributed by atoms with van der Waals surface area (Å²) < 4.78 is 1.01. The van der Waals surface area contributed by atoms with Gasteiger partial charge in [-0.15, -0.1) is 11.3 Å². The van der Waals surface area contributed by atoms with Crippen molar-refractivity contribution in [2.24, 2.45) is 11.5 Å². The lowest BCUT2D eigenvalue weighted by Crippen LogP contribution is -2.16. The number of allylic oxidation sites excluding steroid dienone is 1. The number of nitrogens with zero attached hydrogens (tertiary/aromatic N) is 1. The summed E-state index contributed by atoms with van der Waals surface area (Å²) in [6, 6.07) is 7.66. The molecule has 1 amide bonds. The smallest absolute Gasteiger partial charge is 0.253 e. The predicted molar refractivity (Wildman–Crippen MR) is 65.6 cm³/mol. The van der Waals surface area contributed by atoms with E-state index in [9.17, 15) is 4.79 Å². The van der Waals surface area contributed by atoms with Crippen molar-refractivity contribution in [3.05, 3.63) is 35.0 Å². The molecule has 0 fully saturated rings. The Morgan fingerprint density at radius 2 is 2.00 bits per heavy atom. The van der Waals surface area contributed by atoms with Gasteiger partial charge in [0.2, 0.25) is 0 Å². The monoisotopic (exact) mass is 233 g/mol. The van der Waals surface area contributed by atoms with Crippen LogP contribution in [0.5, 0.6) is 0 Å². The molecule has 1 aromatic carbocycles. The maximum Gasteiger partial charge on any atom is 0.253 e. The summed E-state index contributed by atoms with van der Waals surface area (Å²) in [5.74, 6) is -0.543. The van der Waals surface area contributed by atoms with Gasteiger partial charge in [-0.05, 0) is 19.1 Å². The lowest BCUT2D eigenvalue weighted by atomic mass is 10.2. The number of primary amides is 1. The van der Waals surface area contributed by atoms with E-state index < -0.39 is 5.91 Å². The Labute approximate surface area is 96.6 Å². The van der Waals surface area contributed by atoms with E-state index in [0.717, 1.165) is 10.2 Å². The van der Waals surface area contributed by atoms with Gasteiger partial charge in [0.15, 0.2) is 0 Å². The zero-order valence-corrected chi connectivity index (χ0v) is 9.54. The highest BCUT2D eigenvalue weighted by Crippen LogP contribution is 2.27.